The lowest BCUT2D eigenvalue weighted by Crippen LogP contribution is -2.35. The maximum absolute atomic E-state index is 11.9. The van der Waals surface area contributed by atoms with Crippen molar-refractivity contribution in [2.24, 2.45) is 4.99 Å². The van der Waals surface area contributed by atoms with Crippen molar-refractivity contribution in [2.75, 3.05) is 6.54 Å². The Bertz CT molecular complexity index is 547. The van der Waals surface area contributed by atoms with Crippen LogP contribution in [0.5, 0.6) is 0 Å². The Labute approximate surface area is 104 Å². The third-order valence-corrected chi connectivity index (χ3v) is 2.53. The molecule has 0 saturated carbocycles. The molecule has 0 aromatic heterocycles. The number of carboxylic acids is 1. The zero-order valence-corrected chi connectivity index (χ0v) is 9.83. The molecule has 92 valence electrons. The second kappa shape index (κ2) is 4.83. The number of carboxylic acid groups (broad SMARTS) is 1. The second-order valence-electron chi connectivity index (χ2n) is 3.88. The highest BCUT2D eigenvalue weighted by Crippen LogP contribution is 2.17. The Morgan fingerprint density at radius 2 is 2.06 bits per heavy atom. The minimum absolute atomic E-state index is 0.264. The Morgan fingerprint density at radius 1 is 1.39 bits per heavy atom. The van der Waals surface area contributed by atoms with E-state index in [-0.39, 0.29) is 18.1 Å². The highest BCUT2D eigenvalue weighted by atomic mass is 16.4. The largest absolute Gasteiger partial charge is 0.480 e. The fraction of sp³-hybridized carbons (Fsp3) is 0.154. The molecule has 5 heteroatoms. The molecule has 1 aliphatic heterocycles. The summed E-state index contributed by atoms with van der Waals surface area (Å²) in [6.07, 6.45) is 1.65. The summed E-state index contributed by atoms with van der Waals surface area (Å²) >= 11 is 0. The predicted molar refractivity (Wildman–Crippen MR) is 66.9 cm³/mol. The van der Waals surface area contributed by atoms with E-state index in [2.05, 4.69) is 4.99 Å². The molecule has 1 heterocycles. The third-order valence-electron chi connectivity index (χ3n) is 2.53. The van der Waals surface area contributed by atoms with Crippen molar-refractivity contribution in [3.8, 4) is 0 Å². The number of nitrogens with zero attached hydrogens (tertiary/aromatic N) is 2. The average Bonchev–Trinajstić information content (AvgIpc) is 2.58. The van der Waals surface area contributed by atoms with Crippen LogP contribution in [0, 0.1) is 0 Å². The van der Waals surface area contributed by atoms with E-state index in [9.17, 15) is 9.59 Å². The lowest BCUT2D eigenvalue weighted by atomic mass is 10.2. The normalized spacial score (nSPS) is 17.2. The highest BCUT2D eigenvalue weighted by molar-refractivity contribution is 6.14. The summed E-state index contributed by atoms with van der Waals surface area (Å²) in [7, 11) is 0. The molecule has 0 atom stereocenters. The van der Waals surface area contributed by atoms with Crippen LogP contribution in [0.25, 0.3) is 6.08 Å². The van der Waals surface area contributed by atoms with Gasteiger partial charge in [-0.05, 0) is 18.6 Å². The van der Waals surface area contributed by atoms with Crippen molar-refractivity contribution in [3.63, 3.8) is 0 Å². The molecule has 1 aromatic carbocycles. The summed E-state index contributed by atoms with van der Waals surface area (Å²) in [4.78, 5) is 27.8. The van der Waals surface area contributed by atoms with Gasteiger partial charge in [-0.1, -0.05) is 30.3 Å². The topological polar surface area (TPSA) is 70.0 Å². The summed E-state index contributed by atoms with van der Waals surface area (Å²) < 4.78 is 0. The van der Waals surface area contributed by atoms with Crippen molar-refractivity contribution in [1.82, 2.24) is 4.90 Å². The quantitative estimate of drug-likeness (QED) is 0.816. The zero-order chi connectivity index (χ0) is 13.1. The van der Waals surface area contributed by atoms with E-state index >= 15 is 0 Å². The Morgan fingerprint density at radius 3 is 2.67 bits per heavy atom. The predicted octanol–water partition coefficient (Wildman–Crippen LogP) is 1.37. The van der Waals surface area contributed by atoms with Gasteiger partial charge >= 0.3 is 5.97 Å². The van der Waals surface area contributed by atoms with Crippen LogP contribution in [0.2, 0.25) is 0 Å². The molecule has 1 aromatic rings. The van der Waals surface area contributed by atoms with Crippen molar-refractivity contribution >= 4 is 23.8 Å². The molecule has 0 aliphatic carbocycles. The second-order valence-corrected chi connectivity index (χ2v) is 3.88. The average molecular weight is 244 g/mol. The zero-order valence-electron chi connectivity index (χ0n) is 9.83. The van der Waals surface area contributed by atoms with Gasteiger partial charge in [-0.25, -0.2) is 4.99 Å². The number of aliphatic carboxylic acids is 1. The van der Waals surface area contributed by atoms with E-state index in [4.69, 9.17) is 5.11 Å². The van der Waals surface area contributed by atoms with E-state index in [0.717, 1.165) is 10.5 Å². The van der Waals surface area contributed by atoms with Crippen LogP contribution in [0.1, 0.15) is 12.5 Å². The Kier molecular flexibility index (Phi) is 3.23. The molecule has 0 spiro atoms. The van der Waals surface area contributed by atoms with Gasteiger partial charge in [-0.15, -0.1) is 0 Å². The maximum atomic E-state index is 11.9. The number of aliphatic imine (C=N–C) groups is 1. The van der Waals surface area contributed by atoms with Gasteiger partial charge in [0.2, 0.25) is 0 Å². The van der Waals surface area contributed by atoms with Crippen molar-refractivity contribution in [2.45, 2.75) is 6.92 Å². The summed E-state index contributed by atoms with van der Waals surface area (Å²) in [5.41, 5.74) is 1.12. The van der Waals surface area contributed by atoms with Gasteiger partial charge in [0.05, 0.1) is 0 Å². The molecule has 1 N–H and O–H groups in total. The summed E-state index contributed by atoms with van der Waals surface area (Å²) in [6, 6.07) is 9.30. The molecule has 1 aliphatic rings. The Balaban J connectivity index is 2.25. The van der Waals surface area contributed by atoms with Crippen LogP contribution in [-0.2, 0) is 9.59 Å². The first-order valence-corrected chi connectivity index (χ1v) is 5.43. The number of carbonyl (C=O) groups is 2. The summed E-state index contributed by atoms with van der Waals surface area (Å²) in [5.74, 6) is -1.03. The number of rotatable bonds is 3. The molecule has 0 bridgehead atoms. The van der Waals surface area contributed by atoms with Gasteiger partial charge in [0.15, 0.2) is 0 Å². The van der Waals surface area contributed by atoms with Crippen LogP contribution in [0.4, 0.5) is 0 Å². The van der Waals surface area contributed by atoms with Gasteiger partial charge in [0.1, 0.15) is 18.1 Å². The van der Waals surface area contributed by atoms with Gasteiger partial charge in [-0.3, -0.25) is 14.5 Å². The number of amidine groups is 1. The molecule has 0 saturated heterocycles. The monoisotopic (exact) mass is 244 g/mol. The minimum atomic E-state index is -1.06. The smallest absolute Gasteiger partial charge is 0.323 e. The summed E-state index contributed by atoms with van der Waals surface area (Å²) in [5, 5.41) is 8.72. The maximum Gasteiger partial charge on any atom is 0.323 e. The van der Waals surface area contributed by atoms with Crippen molar-refractivity contribution in [3.05, 3.63) is 41.6 Å². The number of benzene rings is 1. The van der Waals surface area contributed by atoms with Gasteiger partial charge in [-0.2, -0.15) is 0 Å². The standard InChI is InChI=1S/C13H12N2O3/c1-9-14-11(7-10-5-3-2-4-6-10)13(18)15(9)8-12(16)17/h2-7H,8H2,1H3,(H,16,17)/b11-7-. The SMILES string of the molecule is CC1=N/C(=C\c2ccccc2)C(=O)N1CC(=O)O. The van der Waals surface area contributed by atoms with Gasteiger partial charge in [0.25, 0.3) is 5.91 Å². The molecule has 0 fully saturated rings. The highest BCUT2D eigenvalue weighted by Gasteiger charge is 2.28. The molecule has 0 radical (unpaired) electrons. The van der Waals surface area contributed by atoms with Crippen LogP contribution < -0.4 is 0 Å². The van der Waals surface area contributed by atoms with E-state index in [1.165, 1.54) is 0 Å². The molecule has 1 amide bonds. The summed E-state index contributed by atoms with van der Waals surface area (Å²) in [6.45, 7) is 1.26. The fourth-order valence-corrected chi connectivity index (χ4v) is 1.69. The van der Waals surface area contributed by atoms with Crippen LogP contribution in [-0.4, -0.2) is 34.3 Å². The number of carbonyl (C=O) groups excluding carboxylic acids is 1. The van der Waals surface area contributed by atoms with Gasteiger partial charge < -0.3 is 5.11 Å². The van der Waals surface area contributed by atoms with E-state index < -0.39 is 5.97 Å². The van der Waals surface area contributed by atoms with Gasteiger partial charge in [0, 0.05) is 0 Å². The van der Waals surface area contributed by atoms with E-state index in [1.807, 2.05) is 30.3 Å². The lowest BCUT2D eigenvalue weighted by molar-refractivity contribution is -0.140. The third kappa shape index (κ3) is 2.45. The lowest BCUT2D eigenvalue weighted by Gasteiger charge is -2.11. The van der Waals surface area contributed by atoms with Crippen molar-refractivity contribution < 1.29 is 14.7 Å². The molecule has 0 unspecified atom stereocenters. The van der Waals surface area contributed by atoms with E-state index in [0.29, 0.717) is 5.84 Å². The van der Waals surface area contributed by atoms with Crippen molar-refractivity contribution in [1.29, 1.82) is 0 Å². The first-order valence-electron chi connectivity index (χ1n) is 5.43. The van der Waals surface area contributed by atoms with Crippen LogP contribution in [0.15, 0.2) is 41.0 Å². The number of hydrogen-bond acceptors (Lipinski definition) is 3. The molecule has 5 nitrogen and oxygen atoms in total. The Hall–Kier alpha value is -2.43. The van der Waals surface area contributed by atoms with Crippen LogP contribution in [0.3, 0.4) is 0 Å². The fourth-order valence-electron chi connectivity index (χ4n) is 1.69. The number of amides is 1. The number of hydrogen-bond donors (Lipinski definition) is 1. The minimum Gasteiger partial charge on any atom is -0.480 e. The van der Waals surface area contributed by atoms with Crippen LogP contribution >= 0.6 is 0 Å². The van der Waals surface area contributed by atoms with E-state index in [1.54, 1.807) is 13.0 Å². The first kappa shape index (κ1) is 12.0. The molecule has 18 heavy (non-hydrogen) atoms. The first-order chi connectivity index (χ1) is 8.58. The molecular weight excluding hydrogens is 232 g/mol. The molecule has 2 rings (SSSR count). The molecular formula is C13H12N2O3.